The summed E-state index contributed by atoms with van der Waals surface area (Å²) in [7, 11) is 0. The van der Waals surface area contributed by atoms with Crippen molar-refractivity contribution in [1.82, 2.24) is 10.3 Å². The van der Waals surface area contributed by atoms with Crippen LogP contribution in [0.25, 0.3) is 0 Å². The van der Waals surface area contributed by atoms with Gasteiger partial charge in [-0.3, -0.25) is 4.79 Å². The average Bonchev–Trinajstić information content (AvgIpc) is 2.25. The molecule has 1 fully saturated rings. The number of nitrogens with zero attached hydrogens (tertiary/aromatic N) is 1. The van der Waals surface area contributed by atoms with Gasteiger partial charge >= 0.3 is 0 Å². The van der Waals surface area contributed by atoms with E-state index in [1.165, 1.54) is 0 Å². The molecule has 1 aliphatic rings. The van der Waals surface area contributed by atoms with Crippen LogP contribution in [-0.4, -0.2) is 23.5 Å². The number of nitrogens with one attached hydrogen (secondary N) is 2. The number of hydrogen-bond acceptors (Lipinski definition) is 4. The molecule has 5 nitrogen and oxygen atoms in total. The van der Waals surface area contributed by atoms with Crippen LogP contribution in [0.3, 0.4) is 0 Å². The second-order valence-corrected chi connectivity index (χ2v) is 3.62. The average molecular weight is 206 g/mol. The molecule has 2 heterocycles. The standard InChI is InChI=1S/C10H14N4O/c11-10-8(2-1-5-12-10)14-7-3-4-9(15)13-6-7/h1-2,5,7,14H,3-4,6H2,(H2,11,12)(H,13,15). The Morgan fingerprint density at radius 3 is 3.13 bits per heavy atom. The van der Waals surface area contributed by atoms with Gasteiger partial charge in [-0.2, -0.15) is 0 Å². The molecule has 2 rings (SSSR count). The Bertz CT molecular complexity index is 356. The molecular formula is C10H14N4O. The molecule has 1 amide bonds. The Kier molecular flexibility index (Phi) is 2.71. The number of pyridine rings is 1. The summed E-state index contributed by atoms with van der Waals surface area (Å²) in [5.74, 6) is 0.613. The van der Waals surface area contributed by atoms with E-state index in [1.807, 2.05) is 12.1 Å². The van der Waals surface area contributed by atoms with Crippen LogP contribution in [0.5, 0.6) is 0 Å². The van der Waals surface area contributed by atoms with Gasteiger partial charge in [0.25, 0.3) is 0 Å². The highest BCUT2D eigenvalue weighted by atomic mass is 16.1. The maximum atomic E-state index is 11.0. The van der Waals surface area contributed by atoms with E-state index in [1.54, 1.807) is 6.20 Å². The number of carbonyl (C=O) groups excluding carboxylic acids is 1. The molecule has 1 aliphatic heterocycles. The van der Waals surface area contributed by atoms with Gasteiger partial charge in [0.1, 0.15) is 5.82 Å². The van der Waals surface area contributed by atoms with Crippen molar-refractivity contribution in [2.75, 3.05) is 17.6 Å². The van der Waals surface area contributed by atoms with E-state index in [2.05, 4.69) is 15.6 Å². The van der Waals surface area contributed by atoms with E-state index >= 15 is 0 Å². The van der Waals surface area contributed by atoms with Crippen molar-refractivity contribution in [3.05, 3.63) is 18.3 Å². The van der Waals surface area contributed by atoms with E-state index < -0.39 is 0 Å². The van der Waals surface area contributed by atoms with Crippen LogP contribution in [0.1, 0.15) is 12.8 Å². The first-order valence-corrected chi connectivity index (χ1v) is 4.99. The molecule has 1 saturated heterocycles. The molecule has 0 bridgehead atoms. The van der Waals surface area contributed by atoms with Crippen LogP contribution >= 0.6 is 0 Å². The highest BCUT2D eigenvalue weighted by Gasteiger charge is 2.18. The summed E-state index contributed by atoms with van der Waals surface area (Å²) in [6.07, 6.45) is 3.06. The number of aromatic nitrogens is 1. The van der Waals surface area contributed by atoms with Crippen molar-refractivity contribution < 1.29 is 4.79 Å². The van der Waals surface area contributed by atoms with E-state index in [0.29, 0.717) is 18.8 Å². The Morgan fingerprint density at radius 2 is 2.47 bits per heavy atom. The van der Waals surface area contributed by atoms with Crippen molar-refractivity contribution >= 4 is 17.4 Å². The van der Waals surface area contributed by atoms with Crippen molar-refractivity contribution in [2.24, 2.45) is 0 Å². The number of nitrogen functional groups attached to an aromatic ring is 1. The molecule has 1 unspecified atom stereocenters. The summed E-state index contributed by atoms with van der Waals surface area (Å²) >= 11 is 0. The second kappa shape index (κ2) is 4.16. The van der Waals surface area contributed by atoms with Gasteiger partial charge in [-0.05, 0) is 18.6 Å². The van der Waals surface area contributed by atoms with Crippen molar-refractivity contribution in [3.63, 3.8) is 0 Å². The molecule has 4 N–H and O–H groups in total. The summed E-state index contributed by atoms with van der Waals surface area (Å²) in [6, 6.07) is 3.97. The smallest absolute Gasteiger partial charge is 0.220 e. The fourth-order valence-corrected chi connectivity index (χ4v) is 1.62. The van der Waals surface area contributed by atoms with Crippen molar-refractivity contribution in [1.29, 1.82) is 0 Å². The summed E-state index contributed by atoms with van der Waals surface area (Å²) in [4.78, 5) is 14.9. The third-order valence-corrected chi connectivity index (χ3v) is 2.46. The topological polar surface area (TPSA) is 80.0 Å². The van der Waals surface area contributed by atoms with Gasteiger partial charge in [-0.1, -0.05) is 0 Å². The summed E-state index contributed by atoms with van der Waals surface area (Å²) < 4.78 is 0. The fourth-order valence-electron chi connectivity index (χ4n) is 1.62. The third kappa shape index (κ3) is 2.37. The van der Waals surface area contributed by atoms with Crippen LogP contribution in [0.15, 0.2) is 18.3 Å². The molecule has 80 valence electrons. The first-order chi connectivity index (χ1) is 7.25. The molecule has 15 heavy (non-hydrogen) atoms. The number of anilines is 2. The van der Waals surface area contributed by atoms with Gasteiger partial charge in [-0.25, -0.2) is 4.98 Å². The molecular weight excluding hydrogens is 192 g/mol. The minimum Gasteiger partial charge on any atom is -0.382 e. The zero-order chi connectivity index (χ0) is 10.7. The van der Waals surface area contributed by atoms with E-state index in [4.69, 9.17) is 5.73 Å². The molecule has 0 saturated carbocycles. The zero-order valence-corrected chi connectivity index (χ0v) is 8.36. The molecule has 0 aliphatic carbocycles. The number of nitrogens with two attached hydrogens (primary N) is 1. The van der Waals surface area contributed by atoms with Crippen LogP contribution in [-0.2, 0) is 4.79 Å². The number of amides is 1. The predicted octanol–water partition coefficient (Wildman–Crippen LogP) is 0.354. The lowest BCUT2D eigenvalue weighted by Crippen LogP contribution is -2.42. The van der Waals surface area contributed by atoms with Gasteiger partial charge < -0.3 is 16.4 Å². The predicted molar refractivity (Wildman–Crippen MR) is 58.3 cm³/mol. The largest absolute Gasteiger partial charge is 0.382 e. The molecule has 1 aromatic heterocycles. The first kappa shape index (κ1) is 9.76. The van der Waals surface area contributed by atoms with Gasteiger partial charge in [0.15, 0.2) is 0 Å². The molecule has 0 radical (unpaired) electrons. The Labute approximate surface area is 88.1 Å². The Balaban J connectivity index is 1.97. The number of hydrogen-bond donors (Lipinski definition) is 3. The number of rotatable bonds is 2. The van der Waals surface area contributed by atoms with E-state index in [-0.39, 0.29) is 11.9 Å². The minimum absolute atomic E-state index is 0.118. The Morgan fingerprint density at radius 1 is 1.60 bits per heavy atom. The maximum absolute atomic E-state index is 11.0. The monoisotopic (exact) mass is 206 g/mol. The number of carbonyl (C=O) groups is 1. The quantitative estimate of drug-likeness (QED) is 0.652. The highest BCUT2D eigenvalue weighted by molar-refractivity contribution is 5.77. The van der Waals surface area contributed by atoms with Gasteiger partial charge in [0.05, 0.1) is 5.69 Å². The summed E-state index contributed by atoms with van der Waals surface area (Å²) in [5, 5.41) is 6.08. The van der Waals surface area contributed by atoms with Crippen LogP contribution in [0.2, 0.25) is 0 Å². The van der Waals surface area contributed by atoms with Crippen LogP contribution in [0.4, 0.5) is 11.5 Å². The third-order valence-electron chi connectivity index (χ3n) is 2.46. The number of piperidine rings is 1. The zero-order valence-electron chi connectivity index (χ0n) is 8.36. The summed E-state index contributed by atoms with van der Waals surface area (Å²) in [5.41, 5.74) is 6.54. The lowest BCUT2D eigenvalue weighted by molar-refractivity contribution is -0.122. The van der Waals surface area contributed by atoms with Gasteiger partial charge in [0.2, 0.25) is 5.91 Å². The van der Waals surface area contributed by atoms with Crippen molar-refractivity contribution in [3.8, 4) is 0 Å². The maximum Gasteiger partial charge on any atom is 0.220 e. The molecule has 1 atom stereocenters. The lowest BCUT2D eigenvalue weighted by atomic mass is 10.1. The fraction of sp³-hybridized carbons (Fsp3) is 0.400. The van der Waals surface area contributed by atoms with E-state index in [0.717, 1.165) is 12.1 Å². The van der Waals surface area contributed by atoms with Crippen LogP contribution < -0.4 is 16.4 Å². The van der Waals surface area contributed by atoms with Gasteiger partial charge in [-0.15, -0.1) is 0 Å². The normalized spacial score (nSPS) is 20.8. The van der Waals surface area contributed by atoms with E-state index in [9.17, 15) is 4.79 Å². The van der Waals surface area contributed by atoms with Crippen LogP contribution in [0, 0.1) is 0 Å². The summed E-state index contributed by atoms with van der Waals surface area (Å²) in [6.45, 7) is 0.646. The van der Waals surface area contributed by atoms with Gasteiger partial charge in [0, 0.05) is 25.2 Å². The second-order valence-electron chi connectivity index (χ2n) is 3.62. The first-order valence-electron chi connectivity index (χ1n) is 4.99. The lowest BCUT2D eigenvalue weighted by Gasteiger charge is -2.24. The highest BCUT2D eigenvalue weighted by Crippen LogP contribution is 2.17. The minimum atomic E-state index is 0.118. The molecule has 0 spiro atoms. The molecule has 5 heteroatoms. The Hall–Kier alpha value is -1.78. The molecule has 0 aromatic carbocycles. The van der Waals surface area contributed by atoms with Crippen molar-refractivity contribution in [2.45, 2.75) is 18.9 Å². The SMILES string of the molecule is Nc1ncccc1NC1CCC(=O)NC1. The molecule has 1 aromatic rings.